The summed E-state index contributed by atoms with van der Waals surface area (Å²) in [4.78, 5) is 2.12. The summed E-state index contributed by atoms with van der Waals surface area (Å²) >= 11 is 0. The van der Waals surface area contributed by atoms with Crippen LogP contribution in [0, 0.1) is 6.92 Å². The van der Waals surface area contributed by atoms with Crippen molar-refractivity contribution in [1.29, 1.82) is 0 Å². The third kappa shape index (κ3) is 4.51. The molecule has 0 aliphatic rings. The highest BCUT2D eigenvalue weighted by Crippen LogP contribution is 2.21. The first kappa shape index (κ1) is 18.3. The molecule has 0 bridgehead atoms. The standard InChI is InChI=1S/C19H30N4O/c1-14(7-8-16-9-11-17(24-6)12-10-16)20-13-18-15(2)21-23(5)19(18)22(3)4/h9-12,14,20H,7-8,13H2,1-6H3. The summed E-state index contributed by atoms with van der Waals surface area (Å²) in [6.45, 7) is 5.16. The second-order valence-corrected chi connectivity index (χ2v) is 6.57. The van der Waals surface area contributed by atoms with Crippen LogP contribution in [0.5, 0.6) is 5.75 Å². The van der Waals surface area contributed by atoms with Gasteiger partial charge in [-0.15, -0.1) is 0 Å². The first-order valence-electron chi connectivity index (χ1n) is 8.48. The Kier molecular flexibility index (Phi) is 6.26. The number of hydrogen-bond donors (Lipinski definition) is 1. The molecule has 5 nitrogen and oxygen atoms in total. The number of methoxy groups -OCH3 is 1. The van der Waals surface area contributed by atoms with Gasteiger partial charge in [0, 0.05) is 39.3 Å². The van der Waals surface area contributed by atoms with Crippen LogP contribution in [0.2, 0.25) is 0 Å². The van der Waals surface area contributed by atoms with Crippen molar-refractivity contribution in [1.82, 2.24) is 15.1 Å². The Bertz CT molecular complexity index is 646. The van der Waals surface area contributed by atoms with Gasteiger partial charge in [0.05, 0.1) is 12.8 Å². The molecule has 0 aliphatic heterocycles. The van der Waals surface area contributed by atoms with Crippen molar-refractivity contribution < 1.29 is 4.74 Å². The Morgan fingerprint density at radius 1 is 1.25 bits per heavy atom. The maximum Gasteiger partial charge on any atom is 0.130 e. The third-order valence-electron chi connectivity index (χ3n) is 4.39. The van der Waals surface area contributed by atoms with Crippen LogP contribution < -0.4 is 15.0 Å². The fourth-order valence-electron chi connectivity index (χ4n) is 3.01. The molecule has 5 heteroatoms. The molecule has 0 saturated heterocycles. The van der Waals surface area contributed by atoms with Gasteiger partial charge in [-0.1, -0.05) is 12.1 Å². The van der Waals surface area contributed by atoms with Gasteiger partial charge < -0.3 is 15.0 Å². The van der Waals surface area contributed by atoms with Gasteiger partial charge in [0.25, 0.3) is 0 Å². The van der Waals surface area contributed by atoms with Crippen molar-refractivity contribution in [3.63, 3.8) is 0 Å². The predicted octanol–water partition coefficient (Wildman–Crippen LogP) is 2.91. The van der Waals surface area contributed by atoms with Gasteiger partial charge in [-0.2, -0.15) is 5.10 Å². The summed E-state index contributed by atoms with van der Waals surface area (Å²) in [5, 5.41) is 8.18. The molecule has 1 aromatic heterocycles. The van der Waals surface area contributed by atoms with Gasteiger partial charge in [-0.3, -0.25) is 4.68 Å². The second-order valence-electron chi connectivity index (χ2n) is 6.57. The summed E-state index contributed by atoms with van der Waals surface area (Å²) in [5.41, 5.74) is 3.71. The average Bonchev–Trinajstić information content (AvgIpc) is 2.85. The van der Waals surface area contributed by atoms with Crippen molar-refractivity contribution in [2.24, 2.45) is 7.05 Å². The number of anilines is 1. The lowest BCUT2D eigenvalue weighted by Crippen LogP contribution is -2.27. The molecule has 0 amide bonds. The molecule has 0 spiro atoms. The van der Waals surface area contributed by atoms with E-state index < -0.39 is 0 Å². The summed E-state index contributed by atoms with van der Waals surface area (Å²) in [7, 11) is 7.82. The van der Waals surface area contributed by atoms with Gasteiger partial charge in [0.2, 0.25) is 0 Å². The summed E-state index contributed by atoms with van der Waals surface area (Å²) in [6, 6.07) is 8.77. The highest BCUT2D eigenvalue weighted by atomic mass is 16.5. The van der Waals surface area contributed by atoms with Crippen molar-refractivity contribution in [3.8, 4) is 5.75 Å². The Morgan fingerprint density at radius 2 is 1.92 bits per heavy atom. The van der Waals surface area contributed by atoms with E-state index in [-0.39, 0.29) is 0 Å². The first-order valence-corrected chi connectivity index (χ1v) is 8.48. The lowest BCUT2D eigenvalue weighted by atomic mass is 10.1. The molecule has 1 unspecified atom stereocenters. The number of aryl methyl sites for hydroxylation is 3. The zero-order valence-electron chi connectivity index (χ0n) is 15.8. The van der Waals surface area contributed by atoms with E-state index in [9.17, 15) is 0 Å². The molecular formula is C19H30N4O. The Hall–Kier alpha value is -2.01. The lowest BCUT2D eigenvalue weighted by Gasteiger charge is -2.18. The number of aromatic nitrogens is 2. The van der Waals surface area contributed by atoms with E-state index in [0.717, 1.165) is 30.8 Å². The zero-order valence-corrected chi connectivity index (χ0v) is 15.8. The molecule has 1 heterocycles. The normalized spacial score (nSPS) is 12.2. The van der Waals surface area contributed by atoms with Crippen molar-refractivity contribution in [2.45, 2.75) is 39.3 Å². The monoisotopic (exact) mass is 330 g/mol. The van der Waals surface area contributed by atoms with Crippen molar-refractivity contribution in [3.05, 3.63) is 41.1 Å². The molecule has 1 N–H and O–H groups in total. The van der Waals surface area contributed by atoms with Gasteiger partial charge in [-0.05, 0) is 44.4 Å². The average molecular weight is 330 g/mol. The first-order chi connectivity index (χ1) is 11.4. The molecule has 0 radical (unpaired) electrons. The molecular weight excluding hydrogens is 300 g/mol. The zero-order chi connectivity index (χ0) is 17.7. The van der Waals surface area contributed by atoms with E-state index in [0.29, 0.717) is 6.04 Å². The molecule has 24 heavy (non-hydrogen) atoms. The predicted molar refractivity (Wildman–Crippen MR) is 99.9 cm³/mol. The van der Waals surface area contributed by atoms with E-state index in [1.165, 1.54) is 16.9 Å². The molecule has 1 aromatic carbocycles. The number of rotatable bonds is 8. The molecule has 1 atom stereocenters. The van der Waals surface area contributed by atoms with Gasteiger partial charge in [0.1, 0.15) is 11.6 Å². The van der Waals surface area contributed by atoms with Crippen LogP contribution in [-0.4, -0.2) is 37.0 Å². The summed E-state index contributed by atoms with van der Waals surface area (Å²) < 4.78 is 7.15. The fourth-order valence-corrected chi connectivity index (χ4v) is 3.01. The Labute approximate surface area is 145 Å². The molecule has 2 aromatic rings. The van der Waals surface area contributed by atoms with Crippen LogP contribution in [0.3, 0.4) is 0 Å². The van der Waals surface area contributed by atoms with Crippen LogP contribution in [-0.2, 0) is 20.0 Å². The second kappa shape index (κ2) is 8.20. The lowest BCUT2D eigenvalue weighted by molar-refractivity contribution is 0.414. The van der Waals surface area contributed by atoms with Crippen LogP contribution in [0.1, 0.15) is 30.2 Å². The Balaban J connectivity index is 1.88. The van der Waals surface area contributed by atoms with Crippen molar-refractivity contribution in [2.75, 3.05) is 26.1 Å². The highest BCUT2D eigenvalue weighted by molar-refractivity contribution is 5.48. The van der Waals surface area contributed by atoms with E-state index in [1.54, 1.807) is 7.11 Å². The topological polar surface area (TPSA) is 42.3 Å². The van der Waals surface area contributed by atoms with E-state index >= 15 is 0 Å². The van der Waals surface area contributed by atoms with Crippen LogP contribution >= 0.6 is 0 Å². The quantitative estimate of drug-likeness (QED) is 0.808. The van der Waals surface area contributed by atoms with Gasteiger partial charge in [-0.25, -0.2) is 0 Å². The molecule has 0 saturated carbocycles. The molecule has 132 valence electrons. The number of hydrogen-bond acceptors (Lipinski definition) is 4. The summed E-state index contributed by atoms with van der Waals surface area (Å²) in [5.74, 6) is 2.08. The smallest absolute Gasteiger partial charge is 0.130 e. The highest BCUT2D eigenvalue weighted by Gasteiger charge is 2.15. The Morgan fingerprint density at radius 3 is 2.50 bits per heavy atom. The number of ether oxygens (including phenoxy) is 1. The minimum Gasteiger partial charge on any atom is -0.497 e. The number of nitrogens with one attached hydrogen (secondary N) is 1. The molecule has 0 aliphatic carbocycles. The minimum absolute atomic E-state index is 0.446. The van der Waals surface area contributed by atoms with E-state index in [4.69, 9.17) is 4.74 Å². The van der Waals surface area contributed by atoms with Crippen LogP contribution in [0.4, 0.5) is 5.82 Å². The maximum absolute atomic E-state index is 5.20. The number of benzene rings is 1. The maximum atomic E-state index is 5.20. The van der Waals surface area contributed by atoms with Gasteiger partial charge in [0.15, 0.2) is 0 Å². The molecule has 0 fully saturated rings. The third-order valence-corrected chi connectivity index (χ3v) is 4.39. The van der Waals surface area contributed by atoms with E-state index in [2.05, 4.69) is 55.4 Å². The largest absolute Gasteiger partial charge is 0.497 e. The fraction of sp³-hybridized carbons (Fsp3) is 0.526. The van der Waals surface area contributed by atoms with Gasteiger partial charge >= 0.3 is 0 Å². The number of nitrogens with zero attached hydrogens (tertiary/aromatic N) is 3. The summed E-state index contributed by atoms with van der Waals surface area (Å²) in [6.07, 6.45) is 2.16. The van der Waals surface area contributed by atoms with Crippen LogP contribution in [0.25, 0.3) is 0 Å². The minimum atomic E-state index is 0.446. The van der Waals surface area contributed by atoms with Crippen LogP contribution in [0.15, 0.2) is 24.3 Å². The van der Waals surface area contributed by atoms with Crippen molar-refractivity contribution >= 4 is 5.82 Å². The molecule has 2 rings (SSSR count). The van der Waals surface area contributed by atoms with E-state index in [1.807, 2.05) is 23.9 Å². The SMILES string of the molecule is COc1ccc(CCC(C)NCc2c(C)nn(C)c2N(C)C)cc1.